The largest absolute Gasteiger partial charge is 0.487 e. The van der Waals surface area contributed by atoms with Crippen LogP contribution in [0.3, 0.4) is 0 Å². The molecule has 1 aliphatic carbocycles. The topological polar surface area (TPSA) is 22.1 Å². The second-order valence-electron chi connectivity index (χ2n) is 4.54. The first-order chi connectivity index (χ1) is 8.81. The highest BCUT2D eigenvalue weighted by atomic mass is 35.5. The highest BCUT2D eigenvalue weighted by Gasteiger charge is 2.11. The summed E-state index contributed by atoms with van der Waals surface area (Å²) in [5.74, 6) is 0.914. The van der Waals surface area contributed by atoms with Gasteiger partial charge in [-0.3, -0.25) is 4.98 Å². The monoisotopic (exact) mass is 259 g/mol. The van der Waals surface area contributed by atoms with E-state index in [1.807, 2.05) is 12.1 Å². The van der Waals surface area contributed by atoms with Crippen LogP contribution >= 0.6 is 11.6 Å². The van der Waals surface area contributed by atoms with Crippen molar-refractivity contribution in [2.75, 3.05) is 0 Å². The molecule has 0 saturated heterocycles. The van der Waals surface area contributed by atoms with Gasteiger partial charge in [-0.25, -0.2) is 0 Å². The predicted molar refractivity (Wildman–Crippen MR) is 72.0 cm³/mol. The molecule has 2 nitrogen and oxygen atoms in total. The van der Waals surface area contributed by atoms with Crippen LogP contribution in [-0.4, -0.2) is 4.98 Å². The Morgan fingerprint density at radius 1 is 1.11 bits per heavy atom. The van der Waals surface area contributed by atoms with Gasteiger partial charge in [0, 0.05) is 11.2 Å². The summed E-state index contributed by atoms with van der Waals surface area (Å²) in [7, 11) is 0. The van der Waals surface area contributed by atoms with E-state index in [1.54, 1.807) is 12.3 Å². The van der Waals surface area contributed by atoms with Crippen molar-refractivity contribution >= 4 is 11.6 Å². The van der Waals surface area contributed by atoms with Crippen molar-refractivity contribution < 1.29 is 4.74 Å². The molecule has 3 heteroatoms. The molecule has 92 valence electrons. The first-order valence-electron chi connectivity index (χ1n) is 6.16. The maximum absolute atomic E-state index is 5.91. The van der Waals surface area contributed by atoms with Crippen LogP contribution in [0.1, 0.15) is 23.2 Å². The number of fused-ring (bicyclic) bond motifs is 1. The van der Waals surface area contributed by atoms with E-state index in [-0.39, 0.29) is 0 Å². The van der Waals surface area contributed by atoms with Crippen LogP contribution in [0.4, 0.5) is 0 Å². The third kappa shape index (κ3) is 2.49. The molecular formula is C15H14ClNO. The Kier molecular flexibility index (Phi) is 3.20. The van der Waals surface area contributed by atoms with E-state index in [0.29, 0.717) is 11.6 Å². The predicted octanol–water partition coefficient (Wildman–Crippen LogP) is 3.80. The van der Waals surface area contributed by atoms with Crippen molar-refractivity contribution in [1.29, 1.82) is 0 Å². The lowest BCUT2D eigenvalue weighted by molar-refractivity contribution is 0.301. The Hall–Kier alpha value is -1.54. The minimum Gasteiger partial charge on any atom is -0.487 e. The Bertz CT molecular complexity index is 568. The van der Waals surface area contributed by atoms with Crippen LogP contribution in [0.2, 0.25) is 5.02 Å². The molecule has 0 N–H and O–H groups in total. The molecule has 18 heavy (non-hydrogen) atoms. The molecule has 0 fully saturated rings. The Labute approximate surface area is 112 Å². The quantitative estimate of drug-likeness (QED) is 0.836. The van der Waals surface area contributed by atoms with Crippen molar-refractivity contribution in [2.24, 2.45) is 0 Å². The SMILES string of the molecule is Clc1ccnc(COc2ccc3c(c2)CCC3)c1. The number of hydrogen-bond acceptors (Lipinski definition) is 2. The number of ether oxygens (including phenoxy) is 1. The molecule has 0 saturated carbocycles. The molecule has 0 amide bonds. The standard InChI is InChI=1S/C15H14ClNO/c16-13-6-7-17-14(9-13)10-18-15-5-4-11-2-1-3-12(11)8-15/h4-9H,1-3,10H2. The van der Waals surface area contributed by atoms with Gasteiger partial charge < -0.3 is 4.74 Å². The smallest absolute Gasteiger partial charge is 0.130 e. The summed E-state index contributed by atoms with van der Waals surface area (Å²) in [4.78, 5) is 4.22. The van der Waals surface area contributed by atoms with Gasteiger partial charge in [-0.2, -0.15) is 0 Å². The van der Waals surface area contributed by atoms with Crippen LogP contribution in [0.15, 0.2) is 36.5 Å². The van der Waals surface area contributed by atoms with Gasteiger partial charge in [-0.05, 0) is 54.7 Å². The number of aromatic nitrogens is 1. The van der Waals surface area contributed by atoms with Gasteiger partial charge in [0.25, 0.3) is 0 Å². The van der Waals surface area contributed by atoms with Gasteiger partial charge in [0.1, 0.15) is 12.4 Å². The maximum atomic E-state index is 5.91. The van der Waals surface area contributed by atoms with Crippen molar-refractivity contribution in [3.8, 4) is 5.75 Å². The molecular weight excluding hydrogens is 246 g/mol. The number of nitrogens with zero attached hydrogens (tertiary/aromatic N) is 1. The van der Waals surface area contributed by atoms with Crippen molar-refractivity contribution in [3.63, 3.8) is 0 Å². The van der Waals surface area contributed by atoms with Gasteiger partial charge in [0.05, 0.1) is 5.69 Å². The van der Waals surface area contributed by atoms with E-state index in [4.69, 9.17) is 16.3 Å². The fourth-order valence-corrected chi connectivity index (χ4v) is 2.51. The van der Waals surface area contributed by atoms with E-state index in [9.17, 15) is 0 Å². The summed E-state index contributed by atoms with van der Waals surface area (Å²) in [5, 5.41) is 0.692. The third-order valence-electron chi connectivity index (χ3n) is 3.24. The summed E-state index contributed by atoms with van der Waals surface area (Å²) in [6.07, 6.45) is 5.33. The van der Waals surface area contributed by atoms with Crippen molar-refractivity contribution in [3.05, 3.63) is 58.4 Å². The zero-order chi connectivity index (χ0) is 12.4. The number of rotatable bonds is 3. The normalized spacial score (nSPS) is 13.4. The van der Waals surface area contributed by atoms with Gasteiger partial charge >= 0.3 is 0 Å². The molecule has 0 aliphatic heterocycles. The van der Waals surface area contributed by atoms with E-state index in [0.717, 1.165) is 11.4 Å². The van der Waals surface area contributed by atoms with Gasteiger partial charge in [-0.1, -0.05) is 17.7 Å². The fourth-order valence-electron chi connectivity index (χ4n) is 2.32. The highest BCUT2D eigenvalue weighted by molar-refractivity contribution is 6.30. The van der Waals surface area contributed by atoms with E-state index in [2.05, 4.69) is 17.1 Å². The molecule has 0 atom stereocenters. The molecule has 1 aliphatic rings. The lowest BCUT2D eigenvalue weighted by Crippen LogP contribution is -1.98. The van der Waals surface area contributed by atoms with Crippen LogP contribution in [-0.2, 0) is 19.4 Å². The van der Waals surface area contributed by atoms with Crippen LogP contribution in [0.5, 0.6) is 5.75 Å². The average Bonchev–Trinajstić information content (AvgIpc) is 2.84. The molecule has 0 bridgehead atoms. The van der Waals surface area contributed by atoms with Gasteiger partial charge in [0.2, 0.25) is 0 Å². The lowest BCUT2D eigenvalue weighted by atomic mass is 10.1. The van der Waals surface area contributed by atoms with Gasteiger partial charge in [0.15, 0.2) is 0 Å². The summed E-state index contributed by atoms with van der Waals surface area (Å²) in [6, 6.07) is 9.94. The third-order valence-corrected chi connectivity index (χ3v) is 3.47. The first kappa shape index (κ1) is 11.5. The summed E-state index contributed by atoms with van der Waals surface area (Å²) in [5.41, 5.74) is 3.73. The number of halogens is 1. The van der Waals surface area contributed by atoms with Crippen LogP contribution in [0, 0.1) is 0 Å². The van der Waals surface area contributed by atoms with Crippen LogP contribution < -0.4 is 4.74 Å². The van der Waals surface area contributed by atoms with Crippen LogP contribution in [0.25, 0.3) is 0 Å². The minimum atomic E-state index is 0.458. The van der Waals surface area contributed by atoms with Crippen molar-refractivity contribution in [2.45, 2.75) is 25.9 Å². The van der Waals surface area contributed by atoms with Gasteiger partial charge in [-0.15, -0.1) is 0 Å². The fraction of sp³-hybridized carbons (Fsp3) is 0.267. The molecule has 0 unspecified atom stereocenters. The van der Waals surface area contributed by atoms with E-state index < -0.39 is 0 Å². The molecule has 0 radical (unpaired) electrons. The Morgan fingerprint density at radius 3 is 2.89 bits per heavy atom. The zero-order valence-electron chi connectivity index (χ0n) is 10.0. The molecule has 2 aromatic rings. The number of hydrogen-bond donors (Lipinski definition) is 0. The molecule has 1 aromatic carbocycles. The lowest BCUT2D eigenvalue weighted by Gasteiger charge is -2.07. The molecule has 3 rings (SSSR count). The van der Waals surface area contributed by atoms with Crippen molar-refractivity contribution in [1.82, 2.24) is 4.98 Å². The average molecular weight is 260 g/mol. The van der Waals surface area contributed by atoms with E-state index >= 15 is 0 Å². The molecule has 0 spiro atoms. The Balaban J connectivity index is 1.70. The maximum Gasteiger partial charge on any atom is 0.130 e. The molecule has 1 aromatic heterocycles. The summed E-state index contributed by atoms with van der Waals surface area (Å²) < 4.78 is 5.75. The summed E-state index contributed by atoms with van der Waals surface area (Å²) in [6.45, 7) is 0.458. The first-order valence-corrected chi connectivity index (χ1v) is 6.54. The minimum absolute atomic E-state index is 0.458. The number of benzene rings is 1. The number of pyridine rings is 1. The summed E-state index contributed by atoms with van der Waals surface area (Å²) >= 11 is 5.91. The van der Waals surface area contributed by atoms with E-state index in [1.165, 1.54) is 30.4 Å². The number of aryl methyl sites for hydroxylation is 2. The Morgan fingerprint density at radius 2 is 2.00 bits per heavy atom. The molecule has 1 heterocycles. The zero-order valence-corrected chi connectivity index (χ0v) is 10.8. The second kappa shape index (κ2) is 4.99. The highest BCUT2D eigenvalue weighted by Crippen LogP contribution is 2.26. The second-order valence-corrected chi connectivity index (χ2v) is 4.97.